The van der Waals surface area contributed by atoms with E-state index in [1.807, 2.05) is 0 Å². The number of halogens is 4. The van der Waals surface area contributed by atoms with Crippen LogP contribution in [0, 0.1) is 11.6 Å². The van der Waals surface area contributed by atoms with Crippen LogP contribution in [-0.2, 0) is 9.53 Å². The van der Waals surface area contributed by atoms with Gasteiger partial charge in [0, 0.05) is 6.07 Å². The van der Waals surface area contributed by atoms with E-state index in [4.69, 9.17) is 27.9 Å². The van der Waals surface area contributed by atoms with Crippen molar-refractivity contribution in [2.45, 2.75) is 0 Å². The lowest BCUT2D eigenvalue weighted by atomic mass is 10.3. The van der Waals surface area contributed by atoms with Crippen molar-refractivity contribution >= 4 is 40.8 Å². The molecule has 5 nitrogen and oxygen atoms in total. The molecule has 0 saturated heterocycles. The van der Waals surface area contributed by atoms with E-state index in [-0.39, 0.29) is 21.6 Å². The van der Waals surface area contributed by atoms with Gasteiger partial charge in [-0.1, -0.05) is 23.2 Å². The van der Waals surface area contributed by atoms with Crippen molar-refractivity contribution in [1.82, 2.24) is 4.98 Å². The van der Waals surface area contributed by atoms with Gasteiger partial charge in [-0.25, -0.2) is 18.6 Å². The van der Waals surface area contributed by atoms with E-state index in [9.17, 15) is 18.4 Å². The minimum absolute atomic E-state index is 0.00372. The lowest BCUT2D eigenvalue weighted by molar-refractivity contribution is -0.119. The molecule has 0 bridgehead atoms. The summed E-state index contributed by atoms with van der Waals surface area (Å²) in [5.41, 5.74) is -0.631. The minimum Gasteiger partial charge on any atom is -0.451 e. The van der Waals surface area contributed by atoms with Crippen LogP contribution in [0.5, 0.6) is 0 Å². The maximum atomic E-state index is 13.4. The van der Waals surface area contributed by atoms with Crippen LogP contribution in [0.2, 0.25) is 10.2 Å². The lowest BCUT2D eigenvalue weighted by Crippen LogP contribution is -2.22. The van der Waals surface area contributed by atoms with Gasteiger partial charge in [-0.05, 0) is 24.3 Å². The van der Waals surface area contributed by atoms with Crippen LogP contribution < -0.4 is 5.32 Å². The van der Waals surface area contributed by atoms with Gasteiger partial charge in [0.05, 0.1) is 10.7 Å². The van der Waals surface area contributed by atoms with Crippen molar-refractivity contribution in [1.29, 1.82) is 0 Å². The van der Waals surface area contributed by atoms with Crippen molar-refractivity contribution in [2.24, 2.45) is 0 Å². The van der Waals surface area contributed by atoms with Gasteiger partial charge < -0.3 is 10.1 Å². The molecule has 9 heteroatoms. The monoisotopic (exact) mass is 360 g/mol. The van der Waals surface area contributed by atoms with Gasteiger partial charge in [0.2, 0.25) is 0 Å². The standard InChI is InChI=1S/C14H8Cl2F2N2O3/c15-8-2-4-11(16)20-13(8)14(22)23-6-12(21)19-10-5-7(17)1-3-9(10)18/h1-5H,6H2,(H,19,21). The number of esters is 1. The van der Waals surface area contributed by atoms with E-state index in [0.717, 1.165) is 18.2 Å². The number of amides is 1. The highest BCUT2D eigenvalue weighted by Gasteiger charge is 2.17. The Balaban J connectivity index is 1.97. The van der Waals surface area contributed by atoms with E-state index in [1.165, 1.54) is 12.1 Å². The number of aromatic nitrogens is 1. The van der Waals surface area contributed by atoms with Gasteiger partial charge in [0.15, 0.2) is 12.3 Å². The molecule has 1 N–H and O–H groups in total. The molecular weight excluding hydrogens is 353 g/mol. The summed E-state index contributed by atoms with van der Waals surface area (Å²) >= 11 is 11.4. The fourth-order valence-corrected chi connectivity index (χ4v) is 1.87. The number of hydrogen-bond acceptors (Lipinski definition) is 4. The number of pyridine rings is 1. The summed E-state index contributed by atoms with van der Waals surface area (Å²) in [6, 6.07) is 5.27. The SMILES string of the molecule is O=C(COC(=O)c1nc(Cl)ccc1Cl)Nc1cc(F)ccc1F. The number of benzene rings is 1. The predicted molar refractivity (Wildman–Crippen MR) is 79.5 cm³/mol. The lowest BCUT2D eigenvalue weighted by Gasteiger charge is -2.08. The number of hydrogen-bond donors (Lipinski definition) is 1. The number of anilines is 1. The fourth-order valence-electron chi connectivity index (χ4n) is 1.54. The molecule has 2 aromatic rings. The molecule has 0 aliphatic carbocycles. The first-order valence-electron chi connectivity index (χ1n) is 6.11. The van der Waals surface area contributed by atoms with Crippen LogP contribution in [0.4, 0.5) is 14.5 Å². The van der Waals surface area contributed by atoms with Gasteiger partial charge in [-0.2, -0.15) is 0 Å². The maximum Gasteiger partial charge on any atom is 0.359 e. The van der Waals surface area contributed by atoms with Crippen molar-refractivity contribution in [3.63, 3.8) is 0 Å². The first-order valence-corrected chi connectivity index (χ1v) is 6.86. The average molecular weight is 361 g/mol. The molecule has 0 spiro atoms. The van der Waals surface area contributed by atoms with E-state index < -0.39 is 30.1 Å². The first-order chi connectivity index (χ1) is 10.9. The molecule has 0 aliphatic heterocycles. The van der Waals surface area contributed by atoms with E-state index in [0.29, 0.717) is 0 Å². The minimum atomic E-state index is -0.979. The molecule has 0 saturated carbocycles. The molecule has 1 amide bonds. The number of ether oxygens (including phenoxy) is 1. The van der Waals surface area contributed by atoms with Crippen molar-refractivity contribution in [3.05, 3.63) is 57.8 Å². The second-order valence-corrected chi connectivity index (χ2v) is 5.01. The van der Waals surface area contributed by atoms with Gasteiger partial charge >= 0.3 is 5.97 Å². The molecule has 2 rings (SSSR count). The quantitative estimate of drug-likeness (QED) is 0.669. The number of nitrogens with zero attached hydrogens (tertiary/aromatic N) is 1. The zero-order chi connectivity index (χ0) is 17.0. The number of carbonyl (C=O) groups excluding carboxylic acids is 2. The summed E-state index contributed by atoms with van der Waals surface area (Å²) < 4.78 is 31.0. The molecule has 0 fully saturated rings. The zero-order valence-electron chi connectivity index (χ0n) is 11.3. The number of rotatable bonds is 4. The third-order valence-corrected chi connectivity index (χ3v) is 3.06. The second kappa shape index (κ2) is 7.34. The number of nitrogens with one attached hydrogen (secondary N) is 1. The summed E-state index contributed by atoms with van der Waals surface area (Å²) in [7, 11) is 0. The Hall–Kier alpha value is -2.25. The van der Waals surface area contributed by atoms with Crippen LogP contribution in [0.15, 0.2) is 30.3 Å². The highest BCUT2D eigenvalue weighted by molar-refractivity contribution is 6.34. The summed E-state index contributed by atoms with van der Waals surface area (Å²) in [6.45, 7) is -0.737. The Morgan fingerprint density at radius 2 is 1.91 bits per heavy atom. The second-order valence-electron chi connectivity index (χ2n) is 4.21. The van der Waals surface area contributed by atoms with E-state index >= 15 is 0 Å². The van der Waals surface area contributed by atoms with Gasteiger partial charge in [0.1, 0.15) is 16.8 Å². The molecule has 120 valence electrons. The van der Waals surface area contributed by atoms with Crippen LogP contribution in [0.1, 0.15) is 10.5 Å². The maximum absolute atomic E-state index is 13.4. The molecule has 1 aromatic carbocycles. The fraction of sp³-hybridized carbons (Fsp3) is 0.0714. The molecule has 1 aromatic heterocycles. The molecule has 1 heterocycles. The van der Waals surface area contributed by atoms with E-state index in [1.54, 1.807) is 0 Å². The highest BCUT2D eigenvalue weighted by atomic mass is 35.5. The topological polar surface area (TPSA) is 68.3 Å². The molecular formula is C14H8Cl2F2N2O3. The summed E-state index contributed by atoms with van der Waals surface area (Å²) in [5, 5.41) is 2.09. The van der Waals surface area contributed by atoms with Crippen LogP contribution in [0.25, 0.3) is 0 Å². The predicted octanol–water partition coefficient (Wildman–Crippen LogP) is 3.46. The molecule has 23 heavy (non-hydrogen) atoms. The summed E-state index contributed by atoms with van der Waals surface area (Å²) in [5.74, 6) is -3.40. The largest absolute Gasteiger partial charge is 0.451 e. The normalized spacial score (nSPS) is 10.3. The Labute approximate surface area is 139 Å². The molecule has 0 atom stereocenters. The third-order valence-electron chi connectivity index (χ3n) is 2.54. The van der Waals surface area contributed by atoms with Gasteiger partial charge in [0.25, 0.3) is 5.91 Å². The Bertz CT molecular complexity index is 772. The van der Waals surface area contributed by atoms with Crippen molar-refractivity contribution in [3.8, 4) is 0 Å². The van der Waals surface area contributed by atoms with Crippen molar-refractivity contribution < 1.29 is 23.1 Å². The Kier molecular flexibility index (Phi) is 5.46. The summed E-state index contributed by atoms with van der Waals surface area (Å²) in [4.78, 5) is 27.0. The van der Waals surface area contributed by atoms with E-state index in [2.05, 4.69) is 10.3 Å². The number of carbonyl (C=O) groups is 2. The summed E-state index contributed by atoms with van der Waals surface area (Å²) in [6.07, 6.45) is 0. The van der Waals surface area contributed by atoms with Crippen LogP contribution in [0.3, 0.4) is 0 Å². The molecule has 0 unspecified atom stereocenters. The smallest absolute Gasteiger partial charge is 0.359 e. The first kappa shape index (κ1) is 17.1. The Morgan fingerprint density at radius 1 is 1.17 bits per heavy atom. The molecule has 0 radical (unpaired) electrons. The highest BCUT2D eigenvalue weighted by Crippen LogP contribution is 2.18. The average Bonchev–Trinajstić information content (AvgIpc) is 2.51. The van der Waals surface area contributed by atoms with Crippen molar-refractivity contribution in [2.75, 3.05) is 11.9 Å². The van der Waals surface area contributed by atoms with Gasteiger partial charge in [-0.15, -0.1) is 0 Å². The zero-order valence-corrected chi connectivity index (χ0v) is 12.8. The van der Waals surface area contributed by atoms with Gasteiger partial charge in [-0.3, -0.25) is 4.79 Å². The van der Waals surface area contributed by atoms with Crippen LogP contribution >= 0.6 is 23.2 Å². The third kappa shape index (κ3) is 4.61. The van der Waals surface area contributed by atoms with Crippen LogP contribution in [-0.4, -0.2) is 23.5 Å². The molecule has 0 aliphatic rings. The Morgan fingerprint density at radius 3 is 2.65 bits per heavy atom.